The molecule has 0 aromatic rings. The SMILES string of the molecule is B/C(C)=C/C(C#N)=C(\C=C)OCC(C)C. The second-order valence-corrected chi connectivity index (χ2v) is 4.02. The van der Waals surface area contributed by atoms with E-state index in [1.54, 1.807) is 12.2 Å². The van der Waals surface area contributed by atoms with E-state index in [2.05, 4.69) is 26.5 Å². The number of rotatable bonds is 5. The highest BCUT2D eigenvalue weighted by molar-refractivity contribution is 6.21. The Balaban J connectivity index is 4.85. The normalized spacial score (nSPS) is 13.1. The molecule has 0 saturated carbocycles. The van der Waals surface area contributed by atoms with Gasteiger partial charge in [-0.05, 0) is 12.0 Å². The van der Waals surface area contributed by atoms with Crippen molar-refractivity contribution in [2.24, 2.45) is 5.92 Å². The van der Waals surface area contributed by atoms with Crippen molar-refractivity contribution < 1.29 is 4.74 Å². The third-order valence-electron chi connectivity index (χ3n) is 1.58. The molecule has 0 spiro atoms. The van der Waals surface area contributed by atoms with Crippen LogP contribution in [0, 0.1) is 17.2 Å². The summed E-state index contributed by atoms with van der Waals surface area (Å²) in [6.07, 6.45) is 3.39. The molecular weight excluding hydrogens is 185 g/mol. The van der Waals surface area contributed by atoms with Gasteiger partial charge < -0.3 is 4.74 Å². The van der Waals surface area contributed by atoms with Crippen molar-refractivity contribution in [3.05, 3.63) is 35.5 Å². The molecule has 0 rings (SSSR count). The monoisotopic (exact) mass is 203 g/mol. The highest BCUT2D eigenvalue weighted by Crippen LogP contribution is 2.11. The number of hydrogen-bond acceptors (Lipinski definition) is 2. The summed E-state index contributed by atoms with van der Waals surface area (Å²) in [5.74, 6) is 0.999. The smallest absolute Gasteiger partial charge is 0.136 e. The molecule has 0 aromatic carbocycles. The fraction of sp³-hybridized carbons (Fsp3) is 0.417. The van der Waals surface area contributed by atoms with Gasteiger partial charge in [-0.25, -0.2) is 0 Å². The van der Waals surface area contributed by atoms with E-state index >= 15 is 0 Å². The van der Waals surface area contributed by atoms with Crippen molar-refractivity contribution in [2.75, 3.05) is 6.61 Å². The number of nitrogens with zero attached hydrogens (tertiary/aromatic N) is 1. The summed E-state index contributed by atoms with van der Waals surface area (Å²) in [5.41, 5.74) is 1.60. The van der Waals surface area contributed by atoms with Crippen LogP contribution in [-0.2, 0) is 4.74 Å². The Morgan fingerprint density at radius 2 is 2.20 bits per heavy atom. The minimum absolute atomic E-state index is 0.437. The summed E-state index contributed by atoms with van der Waals surface area (Å²) >= 11 is 0. The van der Waals surface area contributed by atoms with Crippen molar-refractivity contribution in [1.29, 1.82) is 5.26 Å². The van der Waals surface area contributed by atoms with Gasteiger partial charge in [0, 0.05) is 0 Å². The first-order valence-electron chi connectivity index (χ1n) is 5.05. The molecular formula is C12H18BNO. The molecule has 0 N–H and O–H groups in total. The largest absolute Gasteiger partial charge is 0.492 e. The van der Waals surface area contributed by atoms with Gasteiger partial charge in [0.05, 0.1) is 12.2 Å². The van der Waals surface area contributed by atoms with Crippen LogP contribution in [0.1, 0.15) is 20.8 Å². The van der Waals surface area contributed by atoms with E-state index in [4.69, 9.17) is 10.00 Å². The Bertz CT molecular complexity index is 317. The van der Waals surface area contributed by atoms with Crippen LogP contribution < -0.4 is 0 Å². The Hall–Kier alpha value is -1.43. The lowest BCUT2D eigenvalue weighted by Gasteiger charge is -2.10. The summed E-state index contributed by atoms with van der Waals surface area (Å²) in [6.45, 7) is 10.3. The second kappa shape index (κ2) is 6.95. The fourth-order valence-electron chi connectivity index (χ4n) is 0.950. The van der Waals surface area contributed by atoms with E-state index in [-0.39, 0.29) is 0 Å². The quantitative estimate of drug-likeness (QED) is 0.297. The van der Waals surface area contributed by atoms with E-state index in [0.717, 1.165) is 5.47 Å². The van der Waals surface area contributed by atoms with Gasteiger partial charge >= 0.3 is 0 Å². The first-order chi connectivity index (χ1) is 7.01. The molecule has 0 atom stereocenters. The average molecular weight is 203 g/mol. The molecule has 0 fully saturated rings. The summed E-state index contributed by atoms with van der Waals surface area (Å²) in [4.78, 5) is 0. The molecule has 0 aliphatic carbocycles. The number of allylic oxidation sites excluding steroid dienone is 4. The van der Waals surface area contributed by atoms with Crippen LogP contribution in [0.5, 0.6) is 0 Å². The van der Waals surface area contributed by atoms with E-state index in [1.807, 2.05) is 14.8 Å². The van der Waals surface area contributed by atoms with Crippen molar-refractivity contribution in [3.8, 4) is 6.07 Å². The zero-order valence-corrected chi connectivity index (χ0v) is 10.0. The first kappa shape index (κ1) is 13.6. The molecule has 0 bridgehead atoms. The number of ether oxygens (including phenoxy) is 1. The molecule has 3 heteroatoms. The zero-order chi connectivity index (χ0) is 11.8. The van der Waals surface area contributed by atoms with Crippen molar-refractivity contribution in [2.45, 2.75) is 20.8 Å². The molecule has 0 amide bonds. The van der Waals surface area contributed by atoms with Gasteiger partial charge in [-0.3, -0.25) is 0 Å². The average Bonchev–Trinajstić information content (AvgIpc) is 2.15. The lowest BCUT2D eigenvalue weighted by molar-refractivity contribution is 0.189. The summed E-state index contributed by atoms with van der Waals surface area (Å²) in [7, 11) is 1.94. The van der Waals surface area contributed by atoms with Crippen LogP contribution in [-0.4, -0.2) is 14.5 Å². The number of nitriles is 1. The van der Waals surface area contributed by atoms with Crippen molar-refractivity contribution in [3.63, 3.8) is 0 Å². The van der Waals surface area contributed by atoms with Gasteiger partial charge in [0.2, 0.25) is 0 Å². The summed E-state index contributed by atoms with van der Waals surface area (Å²) < 4.78 is 5.50. The minimum Gasteiger partial charge on any atom is -0.492 e. The molecule has 0 aromatic heterocycles. The Morgan fingerprint density at radius 1 is 1.60 bits per heavy atom. The lowest BCUT2D eigenvalue weighted by Crippen LogP contribution is -2.02. The molecule has 0 unspecified atom stereocenters. The van der Waals surface area contributed by atoms with Crippen molar-refractivity contribution >= 4 is 7.85 Å². The molecule has 2 nitrogen and oxygen atoms in total. The predicted octanol–water partition coefficient (Wildman–Crippen LogP) is 2.16. The lowest BCUT2D eigenvalue weighted by atomic mass is 9.95. The van der Waals surface area contributed by atoms with Crippen LogP contribution in [0.15, 0.2) is 35.5 Å². The van der Waals surface area contributed by atoms with Crippen molar-refractivity contribution in [1.82, 2.24) is 0 Å². The molecule has 0 saturated heterocycles. The van der Waals surface area contributed by atoms with Crippen LogP contribution in [0.25, 0.3) is 0 Å². The minimum atomic E-state index is 0.437. The van der Waals surface area contributed by atoms with Gasteiger partial charge in [-0.1, -0.05) is 33.4 Å². The Morgan fingerprint density at radius 3 is 2.53 bits per heavy atom. The van der Waals surface area contributed by atoms with Gasteiger partial charge in [-0.15, -0.1) is 5.47 Å². The third kappa shape index (κ3) is 5.80. The van der Waals surface area contributed by atoms with Crippen LogP contribution in [0.2, 0.25) is 0 Å². The van der Waals surface area contributed by atoms with Crippen LogP contribution in [0.3, 0.4) is 0 Å². The Kier molecular flexibility index (Phi) is 6.29. The molecule has 0 heterocycles. The van der Waals surface area contributed by atoms with Gasteiger partial charge in [0.1, 0.15) is 19.7 Å². The molecule has 0 aliphatic heterocycles. The van der Waals surface area contributed by atoms with Crippen LogP contribution >= 0.6 is 0 Å². The highest BCUT2D eigenvalue weighted by atomic mass is 16.5. The maximum atomic E-state index is 8.96. The zero-order valence-electron chi connectivity index (χ0n) is 10.0. The van der Waals surface area contributed by atoms with E-state index in [1.165, 1.54) is 0 Å². The van der Waals surface area contributed by atoms with Gasteiger partial charge in [-0.2, -0.15) is 5.26 Å². The highest BCUT2D eigenvalue weighted by Gasteiger charge is 2.03. The topological polar surface area (TPSA) is 33.0 Å². The molecule has 80 valence electrons. The summed E-state index contributed by atoms with van der Waals surface area (Å²) in [5, 5.41) is 8.96. The standard InChI is InChI=1S/C12H18BNO/c1-5-12(15-8-9(2)3)11(7-14)6-10(4)13/h5-6,9H,1,8,13H2,2-4H3/b10-6+,12-11-. The summed E-state index contributed by atoms with van der Waals surface area (Å²) in [6, 6.07) is 2.12. The van der Waals surface area contributed by atoms with E-state index < -0.39 is 0 Å². The maximum absolute atomic E-state index is 8.96. The second-order valence-electron chi connectivity index (χ2n) is 4.02. The van der Waals surface area contributed by atoms with Gasteiger partial charge in [0.25, 0.3) is 0 Å². The maximum Gasteiger partial charge on any atom is 0.136 e. The molecule has 0 radical (unpaired) electrons. The predicted molar refractivity (Wildman–Crippen MR) is 65.9 cm³/mol. The fourth-order valence-corrected chi connectivity index (χ4v) is 0.950. The first-order valence-corrected chi connectivity index (χ1v) is 5.05. The number of hydrogen-bond donors (Lipinski definition) is 0. The van der Waals surface area contributed by atoms with Gasteiger partial charge in [0.15, 0.2) is 0 Å². The van der Waals surface area contributed by atoms with Crippen LogP contribution in [0.4, 0.5) is 0 Å². The molecule has 15 heavy (non-hydrogen) atoms. The Labute approximate surface area is 93.3 Å². The molecule has 0 aliphatic rings. The van der Waals surface area contributed by atoms with E-state index in [0.29, 0.717) is 23.9 Å². The third-order valence-corrected chi connectivity index (χ3v) is 1.58. The van der Waals surface area contributed by atoms with E-state index in [9.17, 15) is 0 Å².